The van der Waals surface area contributed by atoms with Crippen LogP contribution in [0, 0.1) is 26.7 Å². The lowest BCUT2D eigenvalue weighted by Gasteiger charge is -2.20. The molecule has 0 spiro atoms. The van der Waals surface area contributed by atoms with Gasteiger partial charge in [0.25, 0.3) is 0 Å². The minimum Gasteiger partial charge on any atom is -0.480 e. The minimum atomic E-state index is -0.985. The SMILES string of the molecule is CCC(C)C(NC(=O)CCc1c(C)nn(Cc2ccc(C)cc2)c1C)C(=O)O. The third-order valence-corrected chi connectivity index (χ3v) is 5.38. The molecule has 1 heterocycles. The molecule has 0 saturated carbocycles. The lowest BCUT2D eigenvalue weighted by Crippen LogP contribution is -2.45. The topological polar surface area (TPSA) is 84.2 Å². The fourth-order valence-electron chi connectivity index (χ4n) is 3.28. The number of carboxylic acid groups (broad SMARTS) is 1. The van der Waals surface area contributed by atoms with Crippen LogP contribution >= 0.6 is 0 Å². The van der Waals surface area contributed by atoms with Crippen molar-refractivity contribution in [3.63, 3.8) is 0 Å². The third-order valence-electron chi connectivity index (χ3n) is 5.38. The Morgan fingerprint density at radius 3 is 2.39 bits per heavy atom. The number of carbonyl (C=O) groups is 2. The fraction of sp³-hybridized carbons (Fsp3) is 0.500. The molecule has 1 aromatic carbocycles. The van der Waals surface area contributed by atoms with Gasteiger partial charge >= 0.3 is 5.97 Å². The highest BCUT2D eigenvalue weighted by Gasteiger charge is 2.25. The van der Waals surface area contributed by atoms with Gasteiger partial charge in [-0.15, -0.1) is 0 Å². The van der Waals surface area contributed by atoms with E-state index in [1.54, 1.807) is 0 Å². The van der Waals surface area contributed by atoms with Crippen LogP contribution in [0.5, 0.6) is 0 Å². The standard InChI is InChI=1S/C22H31N3O3/c1-6-15(3)21(22(27)28)23-20(26)12-11-19-16(4)24-25(17(19)5)13-18-9-7-14(2)8-10-18/h7-10,15,21H,6,11-13H2,1-5H3,(H,23,26)(H,27,28). The van der Waals surface area contributed by atoms with Gasteiger partial charge in [-0.25, -0.2) is 4.79 Å². The maximum Gasteiger partial charge on any atom is 0.326 e. The van der Waals surface area contributed by atoms with Gasteiger partial charge in [0.05, 0.1) is 12.2 Å². The fourth-order valence-corrected chi connectivity index (χ4v) is 3.28. The van der Waals surface area contributed by atoms with Crippen molar-refractivity contribution in [3.8, 4) is 0 Å². The van der Waals surface area contributed by atoms with E-state index in [9.17, 15) is 14.7 Å². The van der Waals surface area contributed by atoms with Gasteiger partial charge in [-0.3, -0.25) is 9.48 Å². The van der Waals surface area contributed by atoms with Crippen molar-refractivity contribution in [2.75, 3.05) is 0 Å². The van der Waals surface area contributed by atoms with Crippen molar-refractivity contribution in [1.82, 2.24) is 15.1 Å². The molecule has 0 bridgehead atoms. The van der Waals surface area contributed by atoms with Crippen molar-refractivity contribution in [3.05, 3.63) is 52.3 Å². The minimum absolute atomic E-state index is 0.109. The number of aryl methyl sites for hydroxylation is 2. The van der Waals surface area contributed by atoms with Crippen molar-refractivity contribution in [2.45, 2.75) is 66.5 Å². The second-order valence-electron chi connectivity index (χ2n) is 7.56. The predicted octanol–water partition coefficient (Wildman–Crippen LogP) is 3.40. The summed E-state index contributed by atoms with van der Waals surface area (Å²) in [5.41, 5.74) is 5.41. The van der Waals surface area contributed by atoms with E-state index in [1.807, 2.05) is 32.4 Å². The number of carboxylic acids is 1. The van der Waals surface area contributed by atoms with Crippen LogP contribution < -0.4 is 5.32 Å². The number of nitrogens with zero attached hydrogens (tertiary/aromatic N) is 2. The Hall–Kier alpha value is -2.63. The molecule has 0 fully saturated rings. The summed E-state index contributed by atoms with van der Waals surface area (Å²) in [6.07, 6.45) is 1.49. The van der Waals surface area contributed by atoms with Crippen molar-refractivity contribution < 1.29 is 14.7 Å². The van der Waals surface area contributed by atoms with E-state index in [0.29, 0.717) is 19.4 Å². The molecule has 2 unspecified atom stereocenters. The van der Waals surface area contributed by atoms with E-state index in [4.69, 9.17) is 0 Å². The molecular weight excluding hydrogens is 354 g/mol. The summed E-state index contributed by atoms with van der Waals surface area (Å²) < 4.78 is 1.96. The van der Waals surface area contributed by atoms with Crippen molar-refractivity contribution >= 4 is 11.9 Å². The Kier molecular flexibility index (Phi) is 7.38. The molecule has 152 valence electrons. The molecule has 0 aliphatic carbocycles. The quantitative estimate of drug-likeness (QED) is 0.693. The van der Waals surface area contributed by atoms with Crippen molar-refractivity contribution in [2.24, 2.45) is 5.92 Å². The molecule has 2 atom stereocenters. The molecule has 0 aliphatic rings. The van der Waals surface area contributed by atoms with E-state index in [2.05, 4.69) is 41.6 Å². The number of amides is 1. The second kappa shape index (κ2) is 9.53. The highest BCUT2D eigenvalue weighted by molar-refractivity contribution is 5.83. The largest absolute Gasteiger partial charge is 0.480 e. The van der Waals surface area contributed by atoms with E-state index < -0.39 is 12.0 Å². The summed E-state index contributed by atoms with van der Waals surface area (Å²) in [7, 11) is 0. The third kappa shape index (κ3) is 5.44. The molecular formula is C22H31N3O3. The first-order chi connectivity index (χ1) is 13.2. The molecule has 0 radical (unpaired) electrons. The van der Waals surface area contributed by atoms with E-state index in [0.717, 1.165) is 17.0 Å². The number of hydrogen-bond donors (Lipinski definition) is 2. The normalized spacial score (nSPS) is 13.2. The first-order valence-corrected chi connectivity index (χ1v) is 9.83. The van der Waals surface area contributed by atoms with Crippen LogP contribution in [0.4, 0.5) is 0 Å². The molecule has 0 aliphatic heterocycles. The average Bonchev–Trinajstić information content (AvgIpc) is 2.92. The molecule has 6 heteroatoms. The van der Waals surface area contributed by atoms with E-state index in [1.165, 1.54) is 11.1 Å². The number of aliphatic carboxylic acids is 1. The Bertz CT molecular complexity index is 824. The number of rotatable bonds is 9. The van der Waals surface area contributed by atoms with Crippen LogP contribution in [-0.4, -0.2) is 32.8 Å². The summed E-state index contributed by atoms with van der Waals surface area (Å²) in [6.45, 7) is 10.5. The molecule has 6 nitrogen and oxygen atoms in total. The number of benzene rings is 1. The average molecular weight is 386 g/mol. The first-order valence-electron chi connectivity index (χ1n) is 9.83. The van der Waals surface area contributed by atoms with Crippen LogP contribution in [0.15, 0.2) is 24.3 Å². The summed E-state index contributed by atoms with van der Waals surface area (Å²) in [4.78, 5) is 23.7. The number of hydrogen-bond acceptors (Lipinski definition) is 3. The lowest BCUT2D eigenvalue weighted by atomic mass is 9.99. The summed E-state index contributed by atoms with van der Waals surface area (Å²) in [5, 5.41) is 16.6. The lowest BCUT2D eigenvalue weighted by molar-refractivity contribution is -0.143. The molecule has 0 saturated heterocycles. The molecule has 2 aromatic rings. The predicted molar refractivity (Wildman–Crippen MR) is 109 cm³/mol. The van der Waals surface area contributed by atoms with Gasteiger partial charge in [-0.2, -0.15) is 5.10 Å². The molecule has 1 aromatic heterocycles. The van der Waals surface area contributed by atoms with Gasteiger partial charge in [0.1, 0.15) is 6.04 Å². The number of carbonyl (C=O) groups excluding carboxylic acids is 1. The second-order valence-corrected chi connectivity index (χ2v) is 7.56. The number of nitrogens with one attached hydrogen (secondary N) is 1. The maximum absolute atomic E-state index is 12.3. The van der Waals surface area contributed by atoms with Crippen LogP contribution in [0.3, 0.4) is 0 Å². The van der Waals surface area contributed by atoms with Gasteiger partial charge in [-0.1, -0.05) is 50.1 Å². The number of aromatic nitrogens is 2. The van der Waals surface area contributed by atoms with Gasteiger partial charge in [-0.05, 0) is 44.2 Å². The zero-order valence-electron chi connectivity index (χ0n) is 17.5. The Balaban J connectivity index is 2.02. The van der Waals surface area contributed by atoms with Crippen LogP contribution in [0.2, 0.25) is 0 Å². The zero-order chi connectivity index (χ0) is 20.8. The molecule has 28 heavy (non-hydrogen) atoms. The molecule has 1 amide bonds. The molecule has 2 N–H and O–H groups in total. The Morgan fingerprint density at radius 2 is 1.82 bits per heavy atom. The van der Waals surface area contributed by atoms with Crippen LogP contribution in [0.1, 0.15) is 54.8 Å². The highest BCUT2D eigenvalue weighted by Crippen LogP contribution is 2.17. The Morgan fingerprint density at radius 1 is 1.18 bits per heavy atom. The van der Waals surface area contributed by atoms with Gasteiger partial charge < -0.3 is 10.4 Å². The van der Waals surface area contributed by atoms with Crippen LogP contribution in [-0.2, 0) is 22.6 Å². The summed E-state index contributed by atoms with van der Waals surface area (Å²) in [5.74, 6) is -1.33. The van der Waals surface area contributed by atoms with E-state index >= 15 is 0 Å². The molecule has 2 rings (SSSR count). The maximum atomic E-state index is 12.3. The van der Waals surface area contributed by atoms with Gasteiger partial charge in [0.15, 0.2) is 0 Å². The monoisotopic (exact) mass is 385 g/mol. The Labute approximate surface area is 167 Å². The summed E-state index contributed by atoms with van der Waals surface area (Å²) >= 11 is 0. The zero-order valence-corrected chi connectivity index (χ0v) is 17.5. The van der Waals surface area contributed by atoms with Gasteiger partial charge in [0.2, 0.25) is 5.91 Å². The van der Waals surface area contributed by atoms with Crippen molar-refractivity contribution in [1.29, 1.82) is 0 Å². The van der Waals surface area contributed by atoms with Crippen LogP contribution in [0.25, 0.3) is 0 Å². The highest BCUT2D eigenvalue weighted by atomic mass is 16.4. The van der Waals surface area contributed by atoms with E-state index in [-0.39, 0.29) is 18.2 Å². The smallest absolute Gasteiger partial charge is 0.326 e. The first kappa shape index (κ1) is 21.7. The van der Waals surface area contributed by atoms with Gasteiger partial charge in [0, 0.05) is 12.1 Å². The summed E-state index contributed by atoms with van der Waals surface area (Å²) in [6, 6.07) is 7.52.